The first-order valence-corrected chi connectivity index (χ1v) is 5.78. The number of aryl methyl sites for hydroxylation is 1. The van der Waals surface area contributed by atoms with Crippen molar-refractivity contribution in [2.24, 2.45) is 10.9 Å². The molecule has 0 heterocycles. The summed E-state index contributed by atoms with van der Waals surface area (Å²) >= 11 is 3.42. The minimum absolute atomic E-state index is 0.232. The molecule has 0 bridgehead atoms. The van der Waals surface area contributed by atoms with Gasteiger partial charge in [-0.2, -0.15) is 0 Å². The lowest BCUT2D eigenvalue weighted by atomic mass is 10.2. The van der Waals surface area contributed by atoms with E-state index in [-0.39, 0.29) is 5.84 Å². The van der Waals surface area contributed by atoms with Crippen LogP contribution in [0.15, 0.2) is 27.8 Å². The van der Waals surface area contributed by atoms with E-state index in [1.807, 2.05) is 25.1 Å². The molecular weight excluding hydrogens is 272 g/mol. The predicted molar refractivity (Wildman–Crippen MR) is 67.0 cm³/mol. The van der Waals surface area contributed by atoms with Gasteiger partial charge in [-0.1, -0.05) is 21.1 Å². The summed E-state index contributed by atoms with van der Waals surface area (Å²) < 4.78 is 6.59. The van der Waals surface area contributed by atoms with Gasteiger partial charge in [-0.25, -0.2) is 0 Å². The molecule has 0 fully saturated rings. The van der Waals surface area contributed by atoms with Crippen molar-refractivity contribution in [1.29, 1.82) is 0 Å². The predicted octanol–water partition coefficient (Wildman–Crippen LogP) is 2.66. The zero-order valence-corrected chi connectivity index (χ0v) is 10.7. The zero-order valence-electron chi connectivity index (χ0n) is 9.11. The van der Waals surface area contributed by atoms with E-state index >= 15 is 0 Å². The lowest BCUT2D eigenvalue weighted by Gasteiger charge is -2.07. The molecule has 0 amide bonds. The molecule has 1 rings (SSSR count). The van der Waals surface area contributed by atoms with Crippen LogP contribution < -0.4 is 10.5 Å². The number of rotatable bonds is 5. The molecule has 0 atom stereocenters. The van der Waals surface area contributed by atoms with Crippen molar-refractivity contribution >= 4 is 21.8 Å². The van der Waals surface area contributed by atoms with E-state index in [9.17, 15) is 0 Å². The molecule has 0 saturated heterocycles. The summed E-state index contributed by atoms with van der Waals surface area (Å²) in [6.45, 7) is 2.56. The monoisotopic (exact) mass is 286 g/mol. The third-order valence-corrected chi connectivity index (χ3v) is 2.99. The summed E-state index contributed by atoms with van der Waals surface area (Å²) in [6, 6.07) is 5.82. The smallest absolute Gasteiger partial charge is 0.139 e. The van der Waals surface area contributed by atoms with E-state index in [1.54, 1.807) is 0 Å². The number of amidine groups is 1. The average molecular weight is 287 g/mol. The van der Waals surface area contributed by atoms with Crippen LogP contribution in [0.25, 0.3) is 0 Å². The fraction of sp³-hybridized carbons (Fsp3) is 0.364. The van der Waals surface area contributed by atoms with Crippen molar-refractivity contribution in [2.75, 3.05) is 6.61 Å². The van der Waals surface area contributed by atoms with Crippen LogP contribution in [0.2, 0.25) is 0 Å². The quantitative estimate of drug-likeness (QED) is 0.287. The Bertz CT molecular complexity index is 380. The second-order valence-electron chi connectivity index (χ2n) is 3.45. The van der Waals surface area contributed by atoms with Crippen LogP contribution in [-0.4, -0.2) is 17.6 Å². The van der Waals surface area contributed by atoms with Gasteiger partial charge in [0.25, 0.3) is 0 Å². The van der Waals surface area contributed by atoms with Crippen molar-refractivity contribution in [3.8, 4) is 5.75 Å². The first-order chi connectivity index (χ1) is 7.63. The lowest BCUT2D eigenvalue weighted by Crippen LogP contribution is -2.12. The van der Waals surface area contributed by atoms with E-state index in [0.29, 0.717) is 13.0 Å². The van der Waals surface area contributed by atoms with Crippen LogP contribution in [0.4, 0.5) is 0 Å². The fourth-order valence-corrected chi connectivity index (χ4v) is 1.45. The van der Waals surface area contributed by atoms with Crippen molar-refractivity contribution in [1.82, 2.24) is 0 Å². The first-order valence-electron chi connectivity index (χ1n) is 4.99. The summed E-state index contributed by atoms with van der Waals surface area (Å²) in [4.78, 5) is 0. The molecule has 0 unspecified atom stereocenters. The Balaban J connectivity index is 2.35. The highest BCUT2D eigenvalue weighted by Crippen LogP contribution is 2.21. The van der Waals surface area contributed by atoms with Gasteiger partial charge in [0.05, 0.1) is 6.61 Å². The van der Waals surface area contributed by atoms with E-state index in [4.69, 9.17) is 15.7 Å². The molecule has 0 saturated carbocycles. The molecular formula is C11H15BrN2O2. The highest BCUT2D eigenvalue weighted by molar-refractivity contribution is 9.10. The van der Waals surface area contributed by atoms with Gasteiger partial charge < -0.3 is 15.7 Å². The van der Waals surface area contributed by atoms with Gasteiger partial charge in [0.2, 0.25) is 0 Å². The molecule has 0 aliphatic heterocycles. The molecule has 5 heteroatoms. The molecule has 0 aromatic heterocycles. The summed E-state index contributed by atoms with van der Waals surface area (Å²) in [6.07, 6.45) is 1.26. The Hall–Kier alpha value is -1.23. The fourth-order valence-electron chi connectivity index (χ4n) is 1.20. The third kappa shape index (κ3) is 4.10. The summed E-state index contributed by atoms with van der Waals surface area (Å²) in [5.74, 6) is 1.07. The Labute approximate surface area is 103 Å². The molecule has 0 radical (unpaired) electrons. The molecule has 0 aliphatic rings. The van der Waals surface area contributed by atoms with Crippen LogP contribution >= 0.6 is 15.9 Å². The third-order valence-electron chi connectivity index (χ3n) is 2.10. The normalized spacial score (nSPS) is 11.5. The topological polar surface area (TPSA) is 67.8 Å². The second kappa shape index (κ2) is 6.37. The Morgan fingerprint density at radius 3 is 2.94 bits per heavy atom. The number of hydrogen-bond donors (Lipinski definition) is 2. The van der Waals surface area contributed by atoms with Crippen molar-refractivity contribution in [3.63, 3.8) is 0 Å². The van der Waals surface area contributed by atoms with Crippen LogP contribution in [0.1, 0.15) is 18.4 Å². The molecule has 0 spiro atoms. The van der Waals surface area contributed by atoms with Gasteiger partial charge >= 0.3 is 0 Å². The van der Waals surface area contributed by atoms with Crippen LogP contribution in [-0.2, 0) is 0 Å². The number of benzene rings is 1. The largest absolute Gasteiger partial charge is 0.494 e. The van der Waals surface area contributed by atoms with E-state index in [0.717, 1.165) is 22.2 Å². The summed E-state index contributed by atoms with van der Waals surface area (Å²) in [7, 11) is 0. The van der Waals surface area contributed by atoms with Crippen molar-refractivity contribution < 1.29 is 9.94 Å². The van der Waals surface area contributed by atoms with Crippen LogP contribution in [0.3, 0.4) is 0 Å². The van der Waals surface area contributed by atoms with Crippen molar-refractivity contribution in [3.05, 3.63) is 28.2 Å². The van der Waals surface area contributed by atoms with Crippen LogP contribution in [0, 0.1) is 6.92 Å². The molecule has 1 aromatic carbocycles. The highest BCUT2D eigenvalue weighted by atomic mass is 79.9. The Kier molecular flexibility index (Phi) is 5.11. The number of ether oxygens (including phenoxy) is 1. The molecule has 88 valence electrons. The highest BCUT2D eigenvalue weighted by Gasteiger charge is 1.99. The maximum atomic E-state index is 8.33. The average Bonchev–Trinajstić information content (AvgIpc) is 2.28. The molecule has 4 nitrogen and oxygen atoms in total. The Morgan fingerprint density at radius 1 is 1.56 bits per heavy atom. The molecule has 16 heavy (non-hydrogen) atoms. The molecule has 0 aliphatic carbocycles. The SMILES string of the molecule is Cc1cc(OCCC/C(N)=N/O)ccc1Br. The second-order valence-corrected chi connectivity index (χ2v) is 4.31. The van der Waals surface area contributed by atoms with E-state index in [2.05, 4.69) is 21.1 Å². The van der Waals surface area contributed by atoms with Gasteiger partial charge in [0.1, 0.15) is 11.6 Å². The van der Waals surface area contributed by atoms with Crippen LogP contribution in [0.5, 0.6) is 5.75 Å². The standard InChI is InChI=1S/C11H15BrN2O2/c1-8-7-9(4-5-10(8)12)16-6-2-3-11(13)14-15/h4-5,7,15H,2-3,6H2,1H3,(H2,13,14). The van der Waals surface area contributed by atoms with Gasteiger partial charge in [0, 0.05) is 10.9 Å². The van der Waals surface area contributed by atoms with Gasteiger partial charge in [-0.3, -0.25) is 0 Å². The number of nitrogens with two attached hydrogens (primary N) is 1. The van der Waals surface area contributed by atoms with Gasteiger partial charge in [0.15, 0.2) is 0 Å². The summed E-state index contributed by atoms with van der Waals surface area (Å²) in [5, 5.41) is 11.2. The van der Waals surface area contributed by atoms with Gasteiger partial charge in [-0.15, -0.1) is 0 Å². The lowest BCUT2D eigenvalue weighted by molar-refractivity contribution is 0.305. The zero-order chi connectivity index (χ0) is 12.0. The van der Waals surface area contributed by atoms with E-state index < -0.39 is 0 Å². The first kappa shape index (κ1) is 12.8. The van der Waals surface area contributed by atoms with E-state index in [1.165, 1.54) is 0 Å². The number of oxime groups is 1. The minimum Gasteiger partial charge on any atom is -0.494 e. The van der Waals surface area contributed by atoms with Crippen molar-refractivity contribution in [2.45, 2.75) is 19.8 Å². The molecule has 3 N–H and O–H groups in total. The molecule has 1 aromatic rings. The van der Waals surface area contributed by atoms with Gasteiger partial charge in [-0.05, 0) is 37.1 Å². The number of nitrogens with zero attached hydrogens (tertiary/aromatic N) is 1. The number of hydrogen-bond acceptors (Lipinski definition) is 3. The minimum atomic E-state index is 0.232. The maximum absolute atomic E-state index is 8.33. The maximum Gasteiger partial charge on any atom is 0.139 e. The Morgan fingerprint density at radius 2 is 2.31 bits per heavy atom. The number of halogens is 1. The summed E-state index contributed by atoms with van der Waals surface area (Å²) in [5.41, 5.74) is 6.47.